The summed E-state index contributed by atoms with van der Waals surface area (Å²) in [7, 11) is 0. The van der Waals surface area contributed by atoms with Crippen LogP contribution in [0.2, 0.25) is 5.15 Å². The fourth-order valence-corrected chi connectivity index (χ4v) is 1.93. The molecule has 0 saturated heterocycles. The van der Waals surface area contributed by atoms with Crippen LogP contribution in [-0.4, -0.2) is 16.0 Å². The number of rotatable bonds is 6. The second-order valence-electron chi connectivity index (χ2n) is 4.56. The van der Waals surface area contributed by atoms with E-state index in [0.717, 1.165) is 30.6 Å². The smallest absolute Gasteiger partial charge is 0.137 e. The summed E-state index contributed by atoms with van der Waals surface area (Å²) in [5, 5.41) is 4.02. The molecule has 0 spiro atoms. The third-order valence-corrected chi connectivity index (χ3v) is 3.58. The highest BCUT2D eigenvalue weighted by Crippen LogP contribution is 2.23. The van der Waals surface area contributed by atoms with Crippen LogP contribution < -0.4 is 5.32 Å². The van der Waals surface area contributed by atoms with Crippen molar-refractivity contribution >= 4 is 17.4 Å². The molecule has 1 aromatic rings. The van der Waals surface area contributed by atoms with E-state index in [1.165, 1.54) is 6.33 Å². The van der Waals surface area contributed by atoms with Gasteiger partial charge in [-0.25, -0.2) is 9.97 Å². The van der Waals surface area contributed by atoms with Crippen LogP contribution in [-0.2, 0) is 6.42 Å². The molecule has 0 aromatic carbocycles. The van der Waals surface area contributed by atoms with Gasteiger partial charge in [0.15, 0.2) is 0 Å². The number of nitrogens with one attached hydrogen (secondary N) is 1. The summed E-state index contributed by atoms with van der Waals surface area (Å²) < 4.78 is 0. The van der Waals surface area contributed by atoms with E-state index in [9.17, 15) is 0 Å². The van der Waals surface area contributed by atoms with E-state index < -0.39 is 0 Å². The van der Waals surface area contributed by atoms with Gasteiger partial charge < -0.3 is 5.32 Å². The highest BCUT2D eigenvalue weighted by molar-refractivity contribution is 6.30. The number of anilines is 1. The molecule has 1 N–H and O–H groups in total. The van der Waals surface area contributed by atoms with Crippen LogP contribution in [0.5, 0.6) is 0 Å². The average Bonchev–Trinajstić information content (AvgIpc) is 2.32. The molecular weight excluding hydrogens is 234 g/mol. The summed E-state index contributed by atoms with van der Waals surface area (Å²) in [6.07, 6.45) is 4.62. The normalized spacial score (nSPS) is 14.4. The van der Waals surface area contributed by atoms with Gasteiger partial charge in [-0.05, 0) is 19.3 Å². The molecule has 2 atom stereocenters. The van der Waals surface area contributed by atoms with Crippen molar-refractivity contribution in [3.05, 3.63) is 17.0 Å². The highest BCUT2D eigenvalue weighted by Gasteiger charge is 2.14. The first-order chi connectivity index (χ1) is 8.10. The molecule has 0 saturated carbocycles. The molecule has 0 aliphatic heterocycles. The number of hydrogen-bond donors (Lipinski definition) is 1. The van der Waals surface area contributed by atoms with E-state index in [1.54, 1.807) is 0 Å². The van der Waals surface area contributed by atoms with Crippen molar-refractivity contribution < 1.29 is 0 Å². The van der Waals surface area contributed by atoms with E-state index in [-0.39, 0.29) is 0 Å². The number of halogens is 1. The van der Waals surface area contributed by atoms with E-state index in [0.29, 0.717) is 17.1 Å². The van der Waals surface area contributed by atoms with Crippen molar-refractivity contribution in [3.8, 4) is 0 Å². The van der Waals surface area contributed by atoms with Crippen molar-refractivity contribution in [2.75, 3.05) is 5.32 Å². The summed E-state index contributed by atoms with van der Waals surface area (Å²) in [5.41, 5.74) is 1.03. The van der Waals surface area contributed by atoms with Crippen molar-refractivity contribution in [3.63, 3.8) is 0 Å². The second-order valence-corrected chi connectivity index (χ2v) is 4.92. The molecule has 2 unspecified atom stereocenters. The summed E-state index contributed by atoms with van der Waals surface area (Å²) >= 11 is 6.11. The Hall–Kier alpha value is -0.830. The Bertz CT molecular complexity index is 355. The van der Waals surface area contributed by atoms with E-state index in [4.69, 9.17) is 11.6 Å². The number of hydrogen-bond acceptors (Lipinski definition) is 3. The van der Waals surface area contributed by atoms with Crippen LogP contribution in [0.3, 0.4) is 0 Å². The zero-order valence-corrected chi connectivity index (χ0v) is 11.9. The molecule has 17 heavy (non-hydrogen) atoms. The fourth-order valence-electron chi connectivity index (χ4n) is 1.70. The number of aromatic nitrogens is 2. The maximum absolute atomic E-state index is 6.11. The lowest BCUT2D eigenvalue weighted by molar-refractivity contribution is 0.493. The predicted molar refractivity (Wildman–Crippen MR) is 73.6 cm³/mol. The van der Waals surface area contributed by atoms with Gasteiger partial charge in [0.05, 0.1) is 0 Å². The monoisotopic (exact) mass is 255 g/mol. The van der Waals surface area contributed by atoms with Crippen LogP contribution in [0.4, 0.5) is 5.82 Å². The summed E-state index contributed by atoms with van der Waals surface area (Å²) in [4.78, 5) is 8.35. The molecule has 0 bridgehead atoms. The average molecular weight is 256 g/mol. The number of nitrogens with zero attached hydrogens (tertiary/aromatic N) is 2. The van der Waals surface area contributed by atoms with Gasteiger partial charge in [-0.15, -0.1) is 0 Å². The van der Waals surface area contributed by atoms with Gasteiger partial charge >= 0.3 is 0 Å². The molecule has 0 radical (unpaired) electrons. The van der Waals surface area contributed by atoms with Crippen molar-refractivity contribution in [1.82, 2.24) is 9.97 Å². The van der Waals surface area contributed by atoms with E-state index in [2.05, 4.69) is 43.0 Å². The molecule has 1 heterocycles. The van der Waals surface area contributed by atoms with Crippen molar-refractivity contribution in [2.45, 2.75) is 53.0 Å². The topological polar surface area (TPSA) is 37.8 Å². The SMILES string of the molecule is CCCc1c(Cl)ncnc1NC(C)C(C)CC. The standard InChI is InChI=1S/C13H22ClN3/c1-5-7-11-12(14)15-8-16-13(11)17-10(4)9(3)6-2/h8-10H,5-7H2,1-4H3,(H,15,16,17). The van der Waals surface area contributed by atoms with Crippen molar-refractivity contribution in [1.29, 1.82) is 0 Å². The molecular formula is C13H22ClN3. The largest absolute Gasteiger partial charge is 0.367 e. The molecule has 0 amide bonds. The maximum atomic E-state index is 6.11. The second kappa shape index (κ2) is 6.80. The Morgan fingerprint density at radius 1 is 1.29 bits per heavy atom. The molecule has 3 nitrogen and oxygen atoms in total. The van der Waals surface area contributed by atoms with Gasteiger partial charge in [0, 0.05) is 11.6 Å². The summed E-state index contributed by atoms with van der Waals surface area (Å²) in [5.74, 6) is 1.50. The van der Waals surface area contributed by atoms with Crippen LogP contribution in [0.15, 0.2) is 6.33 Å². The van der Waals surface area contributed by atoms with Crippen LogP contribution in [0, 0.1) is 5.92 Å². The first kappa shape index (κ1) is 14.2. The molecule has 1 rings (SSSR count). The maximum Gasteiger partial charge on any atom is 0.137 e. The van der Waals surface area contributed by atoms with Gasteiger partial charge in [0.2, 0.25) is 0 Å². The lowest BCUT2D eigenvalue weighted by atomic mass is 10.0. The predicted octanol–water partition coefficient (Wildman–Crippen LogP) is 3.93. The van der Waals surface area contributed by atoms with Gasteiger partial charge in [-0.2, -0.15) is 0 Å². The molecule has 1 aromatic heterocycles. The Balaban J connectivity index is 2.86. The summed E-state index contributed by atoms with van der Waals surface area (Å²) in [6, 6.07) is 0.390. The zero-order chi connectivity index (χ0) is 12.8. The van der Waals surface area contributed by atoms with Crippen LogP contribution >= 0.6 is 11.6 Å². The molecule has 0 aliphatic rings. The highest BCUT2D eigenvalue weighted by atomic mass is 35.5. The van der Waals surface area contributed by atoms with E-state index >= 15 is 0 Å². The Morgan fingerprint density at radius 3 is 2.59 bits per heavy atom. The van der Waals surface area contributed by atoms with Gasteiger partial charge in [0.25, 0.3) is 0 Å². The van der Waals surface area contributed by atoms with Crippen molar-refractivity contribution in [2.24, 2.45) is 5.92 Å². The minimum atomic E-state index is 0.390. The van der Waals surface area contributed by atoms with Gasteiger partial charge in [0.1, 0.15) is 17.3 Å². The molecule has 0 aliphatic carbocycles. The third kappa shape index (κ3) is 3.84. The first-order valence-electron chi connectivity index (χ1n) is 6.36. The Labute approximate surface area is 109 Å². The molecule has 0 fully saturated rings. The summed E-state index contributed by atoms with van der Waals surface area (Å²) in [6.45, 7) is 8.74. The first-order valence-corrected chi connectivity index (χ1v) is 6.73. The third-order valence-electron chi connectivity index (χ3n) is 3.25. The van der Waals surface area contributed by atoms with Gasteiger partial charge in [-0.3, -0.25) is 0 Å². The fraction of sp³-hybridized carbons (Fsp3) is 0.692. The Morgan fingerprint density at radius 2 is 2.00 bits per heavy atom. The van der Waals surface area contributed by atoms with Crippen LogP contribution in [0.1, 0.15) is 46.1 Å². The zero-order valence-electron chi connectivity index (χ0n) is 11.1. The quantitative estimate of drug-likeness (QED) is 0.783. The van der Waals surface area contributed by atoms with Crippen LogP contribution in [0.25, 0.3) is 0 Å². The minimum Gasteiger partial charge on any atom is -0.367 e. The molecule has 4 heteroatoms. The van der Waals surface area contributed by atoms with Gasteiger partial charge in [-0.1, -0.05) is 45.2 Å². The minimum absolute atomic E-state index is 0.390. The lowest BCUT2D eigenvalue weighted by Crippen LogP contribution is -2.24. The molecule has 96 valence electrons. The lowest BCUT2D eigenvalue weighted by Gasteiger charge is -2.22. The Kier molecular flexibility index (Phi) is 5.69. The van der Waals surface area contributed by atoms with E-state index in [1.807, 2.05) is 0 Å².